The average Bonchev–Trinajstić information content (AvgIpc) is 3.61. The van der Waals surface area contributed by atoms with Crippen LogP contribution in [0.1, 0.15) is 55.9 Å². The highest BCUT2D eigenvalue weighted by atomic mass is 32.2. The van der Waals surface area contributed by atoms with Gasteiger partial charge in [0.05, 0.1) is 54.0 Å². The minimum Gasteiger partial charge on any atom is -0.389 e. The summed E-state index contributed by atoms with van der Waals surface area (Å²) in [5, 5.41) is 21.0. The van der Waals surface area contributed by atoms with Gasteiger partial charge in [-0.25, -0.2) is 12.8 Å². The minimum absolute atomic E-state index is 0.00726. The highest BCUT2D eigenvalue weighted by Gasteiger charge is 2.37. The highest BCUT2D eigenvalue weighted by molar-refractivity contribution is 7.92. The lowest BCUT2D eigenvalue weighted by Crippen LogP contribution is -2.46. The van der Waals surface area contributed by atoms with Gasteiger partial charge in [0.15, 0.2) is 0 Å². The van der Waals surface area contributed by atoms with Crippen molar-refractivity contribution in [3.8, 4) is 11.1 Å². The molecule has 0 aliphatic carbocycles. The van der Waals surface area contributed by atoms with Crippen molar-refractivity contribution in [2.24, 2.45) is 0 Å². The molecule has 302 valence electrons. The molecule has 1 heterocycles. The second kappa shape index (κ2) is 16.8. The molecule has 0 radical (unpaired) electrons. The van der Waals surface area contributed by atoms with E-state index in [1.165, 1.54) is 49.5 Å². The summed E-state index contributed by atoms with van der Waals surface area (Å²) in [4.78, 5) is 27.4. The molecule has 0 saturated carbocycles. The molecule has 0 saturated heterocycles. The first-order chi connectivity index (χ1) is 26.6. The zero-order chi connectivity index (χ0) is 41.9. The third kappa shape index (κ3) is 11.0. The predicted molar refractivity (Wildman–Crippen MR) is 197 cm³/mol. The van der Waals surface area contributed by atoms with Crippen molar-refractivity contribution in [3.63, 3.8) is 0 Å². The Labute approximate surface area is 323 Å². The molecule has 0 aliphatic rings. The van der Waals surface area contributed by atoms with E-state index in [-0.39, 0.29) is 41.4 Å². The molecule has 0 fully saturated rings. The van der Waals surface area contributed by atoms with Gasteiger partial charge < -0.3 is 15.7 Å². The van der Waals surface area contributed by atoms with Crippen molar-refractivity contribution in [2.75, 3.05) is 17.6 Å². The van der Waals surface area contributed by atoms with Gasteiger partial charge in [-0.15, -0.1) is 0 Å². The summed E-state index contributed by atoms with van der Waals surface area (Å²) in [6.07, 6.45) is -8.46. The second-order valence-electron chi connectivity index (χ2n) is 13.3. The summed E-state index contributed by atoms with van der Waals surface area (Å²) in [5.41, 5.74) is -2.64. The number of benzene rings is 4. The van der Waals surface area contributed by atoms with Crippen LogP contribution in [0.25, 0.3) is 11.1 Å². The van der Waals surface area contributed by atoms with Crippen molar-refractivity contribution in [2.45, 2.75) is 50.4 Å². The third-order valence-electron chi connectivity index (χ3n) is 9.03. The lowest BCUT2D eigenvalue weighted by atomic mass is 9.99. The van der Waals surface area contributed by atoms with E-state index < -0.39 is 74.9 Å². The topological polar surface area (TPSA) is 134 Å². The second-order valence-corrected chi connectivity index (χ2v) is 15.3. The first kappa shape index (κ1) is 42.4. The van der Waals surface area contributed by atoms with Crippen LogP contribution in [-0.2, 0) is 35.3 Å². The molecule has 4 aromatic carbocycles. The van der Waals surface area contributed by atoms with E-state index in [1.54, 1.807) is 37.3 Å². The van der Waals surface area contributed by atoms with Gasteiger partial charge in [-0.05, 0) is 78.6 Å². The number of halogens is 7. The maximum atomic E-state index is 13.9. The summed E-state index contributed by atoms with van der Waals surface area (Å²) in [6.45, 7) is 1.26. The molecule has 0 spiro atoms. The van der Waals surface area contributed by atoms with E-state index in [0.29, 0.717) is 23.3 Å². The number of rotatable bonds is 13. The Kier molecular flexibility index (Phi) is 12.5. The zero-order valence-electron chi connectivity index (χ0n) is 30.4. The lowest BCUT2D eigenvalue weighted by Gasteiger charge is -2.25. The van der Waals surface area contributed by atoms with Gasteiger partial charge >= 0.3 is 12.4 Å². The van der Waals surface area contributed by atoms with E-state index >= 15 is 0 Å². The summed E-state index contributed by atoms with van der Waals surface area (Å²) < 4.78 is 121. The summed E-state index contributed by atoms with van der Waals surface area (Å²) in [5.74, 6) is -2.00. The number of alkyl halides is 6. The Bertz CT molecular complexity index is 2300. The van der Waals surface area contributed by atoms with E-state index in [1.807, 2.05) is 0 Å². The van der Waals surface area contributed by atoms with Gasteiger partial charge in [0.1, 0.15) is 5.82 Å². The fourth-order valence-electron chi connectivity index (χ4n) is 5.82. The van der Waals surface area contributed by atoms with Crippen molar-refractivity contribution in [3.05, 3.63) is 143 Å². The monoisotopic (exact) mass is 819 g/mol. The van der Waals surface area contributed by atoms with Crippen molar-refractivity contribution in [1.29, 1.82) is 0 Å². The predicted octanol–water partition coefficient (Wildman–Crippen LogP) is 7.02. The Hall–Kier alpha value is -5.75. The minimum atomic E-state index is -5.07. The number of amides is 2. The van der Waals surface area contributed by atoms with Crippen LogP contribution in [-0.4, -0.2) is 60.6 Å². The molecule has 1 aromatic heterocycles. The van der Waals surface area contributed by atoms with E-state index in [9.17, 15) is 53.8 Å². The third-order valence-corrected chi connectivity index (χ3v) is 10.2. The van der Waals surface area contributed by atoms with Crippen LogP contribution in [0.2, 0.25) is 0 Å². The van der Waals surface area contributed by atoms with Crippen LogP contribution in [0.3, 0.4) is 0 Å². The van der Waals surface area contributed by atoms with Crippen LogP contribution >= 0.6 is 0 Å². The molecule has 18 heteroatoms. The van der Waals surface area contributed by atoms with Crippen LogP contribution in [0.5, 0.6) is 0 Å². The van der Waals surface area contributed by atoms with E-state index in [0.717, 1.165) is 27.6 Å². The normalized spacial score (nSPS) is 13.7. The van der Waals surface area contributed by atoms with Crippen LogP contribution in [0.15, 0.2) is 103 Å². The fraction of sp³-hybridized carbons (Fsp3) is 0.256. The van der Waals surface area contributed by atoms with Gasteiger partial charge in [0.2, 0.25) is 10.0 Å². The molecule has 3 N–H and O–H groups in total. The quantitative estimate of drug-likeness (QED) is 0.110. The molecule has 57 heavy (non-hydrogen) atoms. The van der Waals surface area contributed by atoms with Gasteiger partial charge in [0.25, 0.3) is 11.8 Å². The SMILES string of the molecule is C[C@@H](NC(=O)c1cc(C(=O)N[C@@H](Cc2ccccc2)[C@@H](O)Cn2cc(-c3cc(C(F)(F)F)cc(C(F)(F)F)c3)cn2)cc(N(C)S(C)(=O)=O)c1)c1ccc(F)cc1. The Morgan fingerprint density at radius 3 is 1.93 bits per heavy atom. The van der Waals surface area contributed by atoms with Crippen LogP contribution < -0.4 is 14.9 Å². The number of nitrogens with one attached hydrogen (secondary N) is 2. The Morgan fingerprint density at radius 1 is 0.825 bits per heavy atom. The largest absolute Gasteiger partial charge is 0.416 e. The summed E-state index contributed by atoms with van der Waals surface area (Å²) in [7, 11) is -2.67. The number of anilines is 1. The smallest absolute Gasteiger partial charge is 0.389 e. The molecule has 10 nitrogen and oxygen atoms in total. The van der Waals surface area contributed by atoms with Gasteiger partial charge in [0, 0.05) is 29.9 Å². The number of sulfonamides is 1. The maximum absolute atomic E-state index is 13.9. The fourth-order valence-corrected chi connectivity index (χ4v) is 6.31. The molecule has 5 aromatic rings. The molecule has 3 atom stereocenters. The Balaban J connectivity index is 1.44. The zero-order valence-corrected chi connectivity index (χ0v) is 31.3. The number of aromatic nitrogens is 2. The molecule has 2 amide bonds. The number of aliphatic hydroxyl groups excluding tert-OH is 1. The van der Waals surface area contributed by atoms with Crippen molar-refractivity contribution in [1.82, 2.24) is 20.4 Å². The highest BCUT2D eigenvalue weighted by Crippen LogP contribution is 2.38. The molecular weight excluding hydrogens is 784 g/mol. The van der Waals surface area contributed by atoms with Gasteiger partial charge in [-0.2, -0.15) is 31.4 Å². The van der Waals surface area contributed by atoms with Crippen molar-refractivity contribution >= 4 is 27.5 Å². The lowest BCUT2D eigenvalue weighted by molar-refractivity contribution is -0.143. The summed E-state index contributed by atoms with van der Waals surface area (Å²) >= 11 is 0. The Morgan fingerprint density at radius 2 is 1.39 bits per heavy atom. The number of hydrogen-bond acceptors (Lipinski definition) is 6. The van der Waals surface area contributed by atoms with Crippen LogP contribution in [0.4, 0.5) is 36.4 Å². The standard InChI is InChI=1S/C39H36F7N5O5S/c1-23(25-9-11-32(40)12-10-25)48-36(53)27-14-28(18-33(17-27)50(2)57(3,55)56)37(54)49-34(13-24-7-5-4-6-8-24)35(52)22-51-21-29(20-47-51)26-15-30(38(41,42)43)19-31(16-26)39(44,45)46/h4-12,14-21,23,34-35,52H,13,22H2,1-3H3,(H,48,53)(H,49,54)/t23-,34+,35+/m1/s1. The molecule has 5 rings (SSSR count). The van der Waals surface area contributed by atoms with Gasteiger partial charge in [-0.1, -0.05) is 42.5 Å². The number of nitrogens with zero attached hydrogens (tertiary/aromatic N) is 3. The van der Waals surface area contributed by atoms with Crippen LogP contribution in [0, 0.1) is 5.82 Å². The van der Waals surface area contributed by atoms with E-state index in [2.05, 4.69) is 15.7 Å². The maximum Gasteiger partial charge on any atom is 0.416 e. The van der Waals surface area contributed by atoms with E-state index in [4.69, 9.17) is 0 Å². The van der Waals surface area contributed by atoms with Crippen molar-refractivity contribution < 1.29 is 53.8 Å². The number of hydrogen-bond donors (Lipinski definition) is 3. The number of aliphatic hydroxyl groups is 1. The first-order valence-electron chi connectivity index (χ1n) is 17.1. The molecular formula is C39H36F7N5O5S. The number of carbonyl (C=O) groups is 2. The number of carbonyl (C=O) groups excluding carboxylic acids is 2. The van der Waals surface area contributed by atoms with Gasteiger partial charge in [-0.3, -0.25) is 18.6 Å². The molecule has 0 bridgehead atoms. The molecule has 0 unspecified atom stereocenters. The average molecular weight is 820 g/mol. The first-order valence-corrected chi connectivity index (χ1v) is 18.9. The molecule has 0 aliphatic heterocycles. The summed E-state index contributed by atoms with van der Waals surface area (Å²) in [6, 6.07) is 17.1.